The van der Waals surface area contributed by atoms with Crippen molar-refractivity contribution in [1.29, 1.82) is 0 Å². The summed E-state index contributed by atoms with van der Waals surface area (Å²) in [5.74, 6) is 1.58. The van der Waals surface area contributed by atoms with Crippen molar-refractivity contribution in [3.8, 4) is 0 Å². The van der Waals surface area contributed by atoms with E-state index in [-0.39, 0.29) is 11.9 Å². The number of anilines is 2. The molecule has 21 heavy (non-hydrogen) atoms. The van der Waals surface area contributed by atoms with E-state index in [1.165, 1.54) is 6.42 Å². The number of hydrogen-bond donors (Lipinski definition) is 2. The first-order valence-electron chi connectivity index (χ1n) is 7.60. The van der Waals surface area contributed by atoms with E-state index in [9.17, 15) is 4.79 Å². The summed E-state index contributed by atoms with van der Waals surface area (Å²) in [6.45, 7) is 6.04. The molecule has 1 aliphatic heterocycles. The average molecular weight is 308 g/mol. The molecule has 1 heterocycles. The zero-order valence-electron chi connectivity index (χ0n) is 12.7. The number of nitrogens with one attached hydrogen (secondary N) is 2. The van der Waals surface area contributed by atoms with Crippen LogP contribution in [0.2, 0.25) is 5.02 Å². The molecule has 0 radical (unpaired) electrons. The molecule has 0 aromatic heterocycles. The molecule has 1 amide bonds. The highest BCUT2D eigenvalue weighted by atomic mass is 35.5. The number of nitrogens with zero attached hydrogens (tertiary/aromatic N) is 1. The van der Waals surface area contributed by atoms with E-state index in [2.05, 4.69) is 29.5 Å². The van der Waals surface area contributed by atoms with Crippen LogP contribution in [-0.2, 0) is 4.79 Å². The lowest BCUT2D eigenvalue weighted by atomic mass is 10.1. The Hall–Kier alpha value is -1.26. The Balaban J connectivity index is 1.85. The second-order valence-corrected chi connectivity index (χ2v) is 6.63. The summed E-state index contributed by atoms with van der Waals surface area (Å²) in [5, 5.41) is 6.85. The minimum atomic E-state index is -0.287. The summed E-state index contributed by atoms with van der Waals surface area (Å²) >= 11 is 6.45. The number of rotatable bonds is 5. The summed E-state index contributed by atoms with van der Waals surface area (Å²) in [6.07, 6.45) is 1.30. The maximum Gasteiger partial charge on any atom is 0.246 e. The van der Waals surface area contributed by atoms with E-state index >= 15 is 0 Å². The summed E-state index contributed by atoms with van der Waals surface area (Å²) in [7, 11) is 2.07. The van der Waals surface area contributed by atoms with Crippen molar-refractivity contribution in [2.45, 2.75) is 26.3 Å². The van der Waals surface area contributed by atoms with E-state index in [1.54, 1.807) is 0 Å². The first-order chi connectivity index (χ1) is 10.0. The fourth-order valence-corrected chi connectivity index (χ4v) is 3.39. The van der Waals surface area contributed by atoms with Gasteiger partial charge in [-0.15, -0.1) is 0 Å². The molecule has 0 bridgehead atoms. The van der Waals surface area contributed by atoms with Gasteiger partial charge in [0.15, 0.2) is 0 Å². The fraction of sp³-hybridized carbons (Fsp3) is 0.562. The Kier molecular flexibility index (Phi) is 3.84. The predicted molar refractivity (Wildman–Crippen MR) is 87.0 cm³/mol. The number of likely N-dealkylation sites (N-methyl/N-ethyl adjacent to an activating group) is 1. The maximum atomic E-state index is 12.0. The Morgan fingerprint density at radius 2 is 2.19 bits per heavy atom. The van der Waals surface area contributed by atoms with Gasteiger partial charge >= 0.3 is 0 Å². The highest BCUT2D eigenvalue weighted by molar-refractivity contribution is 6.33. The van der Waals surface area contributed by atoms with Gasteiger partial charge in [0.1, 0.15) is 6.04 Å². The number of carbonyl (C=O) groups excluding carboxylic acids is 1. The van der Waals surface area contributed by atoms with E-state index < -0.39 is 0 Å². The number of carbonyl (C=O) groups is 1. The molecule has 1 saturated carbocycles. The molecule has 5 heteroatoms. The number of amides is 1. The van der Waals surface area contributed by atoms with Crippen LogP contribution >= 0.6 is 11.6 Å². The summed E-state index contributed by atoms with van der Waals surface area (Å²) in [4.78, 5) is 14.2. The van der Waals surface area contributed by atoms with Crippen molar-refractivity contribution in [3.63, 3.8) is 0 Å². The third-order valence-electron chi connectivity index (χ3n) is 4.55. The van der Waals surface area contributed by atoms with Gasteiger partial charge in [-0.05, 0) is 36.9 Å². The van der Waals surface area contributed by atoms with Crippen LogP contribution in [0.4, 0.5) is 11.4 Å². The topological polar surface area (TPSA) is 44.4 Å². The molecular weight excluding hydrogens is 286 g/mol. The van der Waals surface area contributed by atoms with Crippen LogP contribution in [0.5, 0.6) is 0 Å². The smallest absolute Gasteiger partial charge is 0.246 e. The molecule has 1 fully saturated rings. The summed E-state index contributed by atoms with van der Waals surface area (Å²) < 4.78 is 0. The van der Waals surface area contributed by atoms with Gasteiger partial charge < -0.3 is 15.5 Å². The van der Waals surface area contributed by atoms with E-state index in [0.717, 1.165) is 41.9 Å². The van der Waals surface area contributed by atoms with Gasteiger partial charge in [-0.25, -0.2) is 0 Å². The number of fused-ring (bicyclic) bond motifs is 1. The molecule has 0 spiro atoms. The summed E-state index contributed by atoms with van der Waals surface area (Å²) in [5.41, 5.74) is 2.82. The number of halogens is 1. The molecule has 1 aromatic carbocycles. The molecule has 1 aliphatic carbocycles. The SMILES string of the molecule is CCNC1C(=O)Nc2cc(N(C)CC3CC3C)c(Cl)cc21. The lowest BCUT2D eigenvalue weighted by Crippen LogP contribution is -2.27. The molecule has 4 nitrogen and oxygen atoms in total. The summed E-state index contributed by atoms with van der Waals surface area (Å²) in [6, 6.07) is 3.63. The highest BCUT2D eigenvalue weighted by Crippen LogP contribution is 2.42. The van der Waals surface area contributed by atoms with Gasteiger partial charge in [-0.2, -0.15) is 0 Å². The van der Waals surface area contributed by atoms with E-state index in [0.29, 0.717) is 5.02 Å². The van der Waals surface area contributed by atoms with Crippen LogP contribution in [0.15, 0.2) is 12.1 Å². The third kappa shape index (κ3) is 2.74. The van der Waals surface area contributed by atoms with Crippen LogP contribution in [-0.4, -0.2) is 26.0 Å². The number of benzene rings is 1. The van der Waals surface area contributed by atoms with Crippen molar-refractivity contribution in [1.82, 2.24) is 5.32 Å². The lowest BCUT2D eigenvalue weighted by Gasteiger charge is -2.22. The number of hydrogen-bond acceptors (Lipinski definition) is 3. The molecule has 3 atom stereocenters. The Morgan fingerprint density at radius 1 is 1.48 bits per heavy atom. The molecule has 2 N–H and O–H groups in total. The second-order valence-electron chi connectivity index (χ2n) is 6.22. The van der Waals surface area contributed by atoms with Crippen molar-refractivity contribution in [2.75, 3.05) is 30.4 Å². The van der Waals surface area contributed by atoms with E-state index in [1.807, 2.05) is 19.1 Å². The lowest BCUT2D eigenvalue weighted by molar-refractivity contribution is -0.117. The van der Waals surface area contributed by atoms with Crippen molar-refractivity contribution in [2.24, 2.45) is 11.8 Å². The van der Waals surface area contributed by atoms with Crippen LogP contribution < -0.4 is 15.5 Å². The second kappa shape index (κ2) is 5.50. The van der Waals surface area contributed by atoms with Crippen molar-refractivity contribution >= 4 is 28.9 Å². The van der Waals surface area contributed by atoms with Gasteiger partial charge in [-0.1, -0.05) is 25.4 Å². The van der Waals surface area contributed by atoms with Gasteiger partial charge in [-0.3, -0.25) is 4.79 Å². The monoisotopic (exact) mass is 307 g/mol. The van der Waals surface area contributed by atoms with Crippen molar-refractivity contribution < 1.29 is 4.79 Å². The van der Waals surface area contributed by atoms with Gasteiger partial charge in [0.05, 0.1) is 10.7 Å². The first kappa shape index (κ1) is 14.7. The van der Waals surface area contributed by atoms with E-state index in [4.69, 9.17) is 11.6 Å². The van der Waals surface area contributed by atoms with Crippen LogP contribution in [0.3, 0.4) is 0 Å². The quantitative estimate of drug-likeness (QED) is 0.879. The largest absolute Gasteiger partial charge is 0.373 e. The van der Waals surface area contributed by atoms with Gasteiger partial charge in [0.25, 0.3) is 0 Å². The molecule has 3 rings (SSSR count). The third-order valence-corrected chi connectivity index (χ3v) is 4.86. The zero-order chi connectivity index (χ0) is 15.1. The van der Waals surface area contributed by atoms with Crippen LogP contribution in [0.1, 0.15) is 31.9 Å². The molecule has 2 aliphatic rings. The normalized spacial score (nSPS) is 26.5. The molecular formula is C16H22ClN3O. The Morgan fingerprint density at radius 3 is 2.81 bits per heavy atom. The van der Waals surface area contributed by atoms with Crippen molar-refractivity contribution in [3.05, 3.63) is 22.7 Å². The molecule has 0 saturated heterocycles. The standard InChI is InChI=1S/C16H22ClN3O/c1-4-18-15-11-6-12(17)14(7-13(11)19-16(15)21)20(3)8-10-5-9(10)2/h6-7,9-10,15,18H,4-5,8H2,1-3H3,(H,19,21). The molecule has 1 aromatic rings. The average Bonchev–Trinajstić information content (AvgIpc) is 3.03. The van der Waals surface area contributed by atoms with Gasteiger partial charge in [0, 0.05) is 24.8 Å². The highest BCUT2D eigenvalue weighted by Gasteiger charge is 2.35. The van der Waals surface area contributed by atoms with Gasteiger partial charge in [0.2, 0.25) is 5.91 Å². The Bertz CT molecular complexity index is 575. The molecule has 3 unspecified atom stereocenters. The Labute approximate surface area is 130 Å². The molecule has 114 valence electrons. The van der Waals surface area contributed by atoms with Crippen LogP contribution in [0.25, 0.3) is 0 Å². The first-order valence-corrected chi connectivity index (χ1v) is 7.97. The minimum absolute atomic E-state index is 0.00136. The van der Waals surface area contributed by atoms with Crippen LogP contribution in [0, 0.1) is 11.8 Å². The minimum Gasteiger partial charge on any atom is -0.373 e. The zero-order valence-corrected chi connectivity index (χ0v) is 13.5. The predicted octanol–water partition coefficient (Wildman–Crippen LogP) is 3.03. The maximum absolute atomic E-state index is 12.0. The fourth-order valence-electron chi connectivity index (χ4n) is 3.07.